The second-order valence-corrected chi connectivity index (χ2v) is 4.43. The molecular weight excluding hydrogens is 234 g/mol. The second kappa shape index (κ2) is 6.64. The minimum absolute atomic E-state index is 0.529. The zero-order valence-corrected chi connectivity index (χ0v) is 11.2. The smallest absolute Gasteiger partial charge is 0.124 e. The Labute approximate surface area is 114 Å². The van der Waals surface area contributed by atoms with Crippen molar-refractivity contribution in [2.45, 2.75) is 13.5 Å². The number of aryl methyl sites for hydroxylation is 1. The van der Waals surface area contributed by atoms with Gasteiger partial charge >= 0.3 is 0 Å². The molecule has 0 radical (unpaired) electrons. The first kappa shape index (κ1) is 13.2. The molecule has 0 aliphatic rings. The Hall–Kier alpha value is -2.22. The van der Waals surface area contributed by atoms with Gasteiger partial charge in [-0.2, -0.15) is 0 Å². The number of hydrogen-bond acceptors (Lipinski definition) is 2. The van der Waals surface area contributed by atoms with Gasteiger partial charge in [-0.3, -0.25) is 0 Å². The summed E-state index contributed by atoms with van der Waals surface area (Å²) in [5, 5.41) is 3.40. The molecule has 2 heteroatoms. The molecule has 0 bridgehead atoms. The van der Waals surface area contributed by atoms with Gasteiger partial charge < -0.3 is 10.1 Å². The molecule has 0 fully saturated rings. The number of rotatable bonds is 6. The fraction of sp³-hybridized carbons (Fsp3) is 0.176. The van der Waals surface area contributed by atoms with Crippen molar-refractivity contribution >= 4 is 5.69 Å². The van der Waals surface area contributed by atoms with Crippen LogP contribution in [-0.2, 0) is 6.54 Å². The first-order valence-corrected chi connectivity index (χ1v) is 6.42. The standard InChI is InChI=1S/C17H19NO/c1-3-12-19-17-7-5-4-6-15(17)13-18-16-10-8-14(2)9-11-16/h3-11,18H,1,12-13H2,2H3. The van der Waals surface area contributed by atoms with Crippen LogP contribution in [0.1, 0.15) is 11.1 Å². The highest BCUT2D eigenvalue weighted by atomic mass is 16.5. The highest BCUT2D eigenvalue weighted by Crippen LogP contribution is 2.19. The van der Waals surface area contributed by atoms with E-state index in [4.69, 9.17) is 4.74 Å². The van der Waals surface area contributed by atoms with Crippen LogP contribution in [0.25, 0.3) is 0 Å². The van der Waals surface area contributed by atoms with Crippen LogP contribution in [-0.4, -0.2) is 6.61 Å². The third kappa shape index (κ3) is 3.88. The van der Waals surface area contributed by atoms with Gasteiger partial charge in [0.05, 0.1) is 0 Å². The van der Waals surface area contributed by atoms with Crippen molar-refractivity contribution in [2.24, 2.45) is 0 Å². The largest absolute Gasteiger partial charge is 0.489 e. The predicted octanol–water partition coefficient (Wildman–Crippen LogP) is 4.17. The number of anilines is 1. The van der Waals surface area contributed by atoms with Crippen LogP contribution in [0, 0.1) is 6.92 Å². The van der Waals surface area contributed by atoms with Crippen LogP contribution < -0.4 is 10.1 Å². The average molecular weight is 253 g/mol. The lowest BCUT2D eigenvalue weighted by Crippen LogP contribution is -2.03. The van der Waals surface area contributed by atoms with Crippen LogP contribution in [0.5, 0.6) is 5.75 Å². The van der Waals surface area contributed by atoms with Crippen molar-refractivity contribution in [3.8, 4) is 5.75 Å². The van der Waals surface area contributed by atoms with Crippen molar-refractivity contribution in [3.05, 3.63) is 72.3 Å². The van der Waals surface area contributed by atoms with E-state index in [1.807, 2.05) is 18.2 Å². The van der Waals surface area contributed by atoms with Crippen molar-refractivity contribution < 1.29 is 4.74 Å². The molecule has 2 nitrogen and oxygen atoms in total. The molecular formula is C17H19NO. The van der Waals surface area contributed by atoms with Gasteiger partial charge in [-0.25, -0.2) is 0 Å². The van der Waals surface area contributed by atoms with Gasteiger partial charge in [0, 0.05) is 17.8 Å². The minimum atomic E-state index is 0.529. The number of para-hydroxylation sites is 1. The third-order valence-corrected chi connectivity index (χ3v) is 2.86. The van der Waals surface area contributed by atoms with E-state index < -0.39 is 0 Å². The summed E-state index contributed by atoms with van der Waals surface area (Å²) >= 11 is 0. The maximum atomic E-state index is 5.64. The van der Waals surface area contributed by atoms with Gasteiger partial charge in [0.2, 0.25) is 0 Å². The Bertz CT molecular complexity index is 531. The molecule has 0 aliphatic heterocycles. The molecule has 0 saturated heterocycles. The lowest BCUT2D eigenvalue weighted by molar-refractivity contribution is 0.359. The topological polar surface area (TPSA) is 21.3 Å². The molecule has 0 saturated carbocycles. The zero-order chi connectivity index (χ0) is 13.5. The number of benzene rings is 2. The summed E-state index contributed by atoms with van der Waals surface area (Å²) in [7, 11) is 0. The van der Waals surface area contributed by atoms with Gasteiger partial charge in [-0.1, -0.05) is 48.6 Å². The Morgan fingerprint density at radius 2 is 1.84 bits per heavy atom. The molecule has 19 heavy (non-hydrogen) atoms. The molecule has 2 aromatic carbocycles. The van der Waals surface area contributed by atoms with Crippen LogP contribution in [0.2, 0.25) is 0 Å². The van der Waals surface area contributed by atoms with Crippen LogP contribution in [0.15, 0.2) is 61.2 Å². The summed E-state index contributed by atoms with van der Waals surface area (Å²) < 4.78 is 5.64. The molecule has 0 atom stereocenters. The molecule has 98 valence electrons. The molecule has 0 heterocycles. The molecule has 0 unspecified atom stereocenters. The molecule has 0 amide bonds. The monoisotopic (exact) mass is 253 g/mol. The summed E-state index contributed by atoms with van der Waals surface area (Å²) in [6.07, 6.45) is 1.75. The molecule has 2 aromatic rings. The maximum absolute atomic E-state index is 5.64. The SMILES string of the molecule is C=CCOc1ccccc1CNc1ccc(C)cc1. The Morgan fingerprint density at radius 3 is 2.58 bits per heavy atom. The van der Waals surface area contributed by atoms with E-state index in [-0.39, 0.29) is 0 Å². The van der Waals surface area contributed by atoms with E-state index in [0.29, 0.717) is 6.61 Å². The normalized spacial score (nSPS) is 9.95. The van der Waals surface area contributed by atoms with Gasteiger partial charge in [0.25, 0.3) is 0 Å². The summed E-state index contributed by atoms with van der Waals surface area (Å²) in [6.45, 7) is 7.03. The van der Waals surface area contributed by atoms with Crippen molar-refractivity contribution in [1.29, 1.82) is 0 Å². The van der Waals surface area contributed by atoms with E-state index in [2.05, 4.69) is 49.2 Å². The third-order valence-electron chi connectivity index (χ3n) is 2.86. The van der Waals surface area contributed by atoms with Gasteiger partial charge in [0.1, 0.15) is 12.4 Å². The van der Waals surface area contributed by atoms with Crippen LogP contribution >= 0.6 is 0 Å². The Balaban J connectivity index is 2.02. The van der Waals surface area contributed by atoms with Crippen LogP contribution in [0.4, 0.5) is 5.69 Å². The van der Waals surface area contributed by atoms with Crippen LogP contribution in [0.3, 0.4) is 0 Å². The molecule has 1 N–H and O–H groups in total. The fourth-order valence-corrected chi connectivity index (χ4v) is 1.81. The van der Waals surface area contributed by atoms with E-state index in [0.717, 1.165) is 23.5 Å². The zero-order valence-electron chi connectivity index (χ0n) is 11.2. The minimum Gasteiger partial charge on any atom is -0.489 e. The molecule has 0 aliphatic carbocycles. The second-order valence-electron chi connectivity index (χ2n) is 4.43. The van der Waals surface area contributed by atoms with E-state index >= 15 is 0 Å². The van der Waals surface area contributed by atoms with E-state index in [1.54, 1.807) is 6.08 Å². The predicted molar refractivity (Wildman–Crippen MR) is 80.6 cm³/mol. The number of nitrogens with one attached hydrogen (secondary N) is 1. The van der Waals surface area contributed by atoms with Gasteiger partial charge in [-0.05, 0) is 25.1 Å². The highest BCUT2D eigenvalue weighted by Gasteiger charge is 2.02. The fourth-order valence-electron chi connectivity index (χ4n) is 1.81. The van der Waals surface area contributed by atoms with Gasteiger partial charge in [-0.15, -0.1) is 0 Å². The summed E-state index contributed by atoms with van der Waals surface area (Å²) in [6, 6.07) is 16.4. The lowest BCUT2D eigenvalue weighted by atomic mass is 10.2. The van der Waals surface area contributed by atoms with Crippen molar-refractivity contribution in [3.63, 3.8) is 0 Å². The molecule has 0 aromatic heterocycles. The summed E-state index contributed by atoms with van der Waals surface area (Å²) in [5.41, 5.74) is 3.52. The van der Waals surface area contributed by atoms with Gasteiger partial charge in [0.15, 0.2) is 0 Å². The maximum Gasteiger partial charge on any atom is 0.124 e. The summed E-state index contributed by atoms with van der Waals surface area (Å²) in [5.74, 6) is 0.905. The average Bonchev–Trinajstić information content (AvgIpc) is 2.45. The first-order valence-electron chi connectivity index (χ1n) is 6.42. The van der Waals surface area contributed by atoms with Crippen molar-refractivity contribution in [1.82, 2.24) is 0 Å². The van der Waals surface area contributed by atoms with Crippen molar-refractivity contribution in [2.75, 3.05) is 11.9 Å². The quantitative estimate of drug-likeness (QED) is 0.780. The lowest BCUT2D eigenvalue weighted by Gasteiger charge is -2.12. The number of ether oxygens (including phenoxy) is 1. The molecule has 0 spiro atoms. The van der Waals surface area contributed by atoms with E-state index in [1.165, 1.54) is 5.56 Å². The summed E-state index contributed by atoms with van der Waals surface area (Å²) in [4.78, 5) is 0. The first-order chi connectivity index (χ1) is 9.29. The van der Waals surface area contributed by atoms with E-state index in [9.17, 15) is 0 Å². The number of hydrogen-bond donors (Lipinski definition) is 1. The highest BCUT2D eigenvalue weighted by molar-refractivity contribution is 5.46. The Morgan fingerprint density at radius 1 is 1.11 bits per heavy atom. The Kier molecular flexibility index (Phi) is 4.62. The molecule has 2 rings (SSSR count).